The Hall–Kier alpha value is -2.39. The molecule has 3 rings (SSSR count). The number of amides is 1. The van der Waals surface area contributed by atoms with Crippen molar-refractivity contribution in [3.05, 3.63) is 60.2 Å². The average Bonchev–Trinajstić information content (AvgIpc) is 2.68. The Kier molecular flexibility index (Phi) is 5.76. The number of nitrogens with one attached hydrogen (secondary N) is 1. The maximum absolute atomic E-state index is 12.7. The molecule has 0 saturated carbocycles. The van der Waals surface area contributed by atoms with E-state index in [1.54, 1.807) is 18.2 Å². The summed E-state index contributed by atoms with van der Waals surface area (Å²) in [5, 5.41) is 2.57. The minimum absolute atomic E-state index is 0.0314. The highest BCUT2D eigenvalue weighted by molar-refractivity contribution is 7.89. The Bertz CT molecular complexity index is 929. The summed E-state index contributed by atoms with van der Waals surface area (Å²) in [6.07, 6.45) is -3.41. The SMILES string of the molecule is O=C(Nc1ccc(C(F)(F)F)cc1)[C@H]1CCCN(S(=O)(=O)c2ccccc2)C1. The maximum Gasteiger partial charge on any atom is 0.416 e. The molecular formula is C19H19F3N2O3S. The zero-order valence-corrected chi connectivity index (χ0v) is 15.6. The second-order valence-corrected chi connectivity index (χ2v) is 8.52. The summed E-state index contributed by atoms with van der Waals surface area (Å²) in [5.41, 5.74) is -0.565. The van der Waals surface area contributed by atoms with Crippen molar-refractivity contribution in [2.45, 2.75) is 23.9 Å². The van der Waals surface area contributed by atoms with Crippen LogP contribution < -0.4 is 5.32 Å². The van der Waals surface area contributed by atoms with Gasteiger partial charge in [0.1, 0.15) is 0 Å². The van der Waals surface area contributed by atoms with Gasteiger partial charge in [0.05, 0.1) is 16.4 Å². The van der Waals surface area contributed by atoms with E-state index < -0.39 is 33.6 Å². The first kappa shape index (κ1) is 20.3. The van der Waals surface area contributed by atoms with Gasteiger partial charge in [0.15, 0.2) is 0 Å². The summed E-state index contributed by atoms with van der Waals surface area (Å²) in [5.74, 6) is -0.984. The fourth-order valence-electron chi connectivity index (χ4n) is 3.10. The van der Waals surface area contributed by atoms with Crippen molar-refractivity contribution < 1.29 is 26.4 Å². The van der Waals surface area contributed by atoms with E-state index in [-0.39, 0.29) is 17.1 Å². The lowest BCUT2D eigenvalue weighted by atomic mass is 9.98. The molecule has 1 fully saturated rings. The first-order valence-corrected chi connectivity index (χ1v) is 10.2. The van der Waals surface area contributed by atoms with Crippen LogP contribution in [0.4, 0.5) is 18.9 Å². The van der Waals surface area contributed by atoms with E-state index in [0.29, 0.717) is 19.4 Å². The molecule has 1 aliphatic heterocycles. The number of piperidine rings is 1. The van der Waals surface area contributed by atoms with E-state index in [1.165, 1.54) is 28.6 Å². The van der Waals surface area contributed by atoms with Gasteiger partial charge in [0, 0.05) is 18.8 Å². The number of halogens is 3. The first-order valence-electron chi connectivity index (χ1n) is 8.71. The molecule has 28 heavy (non-hydrogen) atoms. The summed E-state index contributed by atoms with van der Waals surface area (Å²) < 4.78 is 64.6. The lowest BCUT2D eigenvalue weighted by Gasteiger charge is -2.31. The van der Waals surface area contributed by atoms with Crippen LogP contribution in [0, 0.1) is 5.92 Å². The van der Waals surface area contributed by atoms with Gasteiger partial charge in [0.25, 0.3) is 0 Å². The minimum Gasteiger partial charge on any atom is -0.326 e. The molecule has 2 aromatic carbocycles. The molecule has 1 amide bonds. The Morgan fingerprint density at radius 3 is 2.29 bits per heavy atom. The molecule has 1 atom stereocenters. The number of benzene rings is 2. The monoisotopic (exact) mass is 412 g/mol. The van der Waals surface area contributed by atoms with Crippen LogP contribution in [0.25, 0.3) is 0 Å². The number of rotatable bonds is 4. The average molecular weight is 412 g/mol. The lowest BCUT2D eigenvalue weighted by Crippen LogP contribution is -2.43. The normalized spacial score (nSPS) is 18.6. The summed E-state index contributed by atoms with van der Waals surface area (Å²) in [6.45, 7) is 0.352. The van der Waals surface area contributed by atoms with Crippen LogP contribution in [-0.4, -0.2) is 31.7 Å². The van der Waals surface area contributed by atoms with Crippen molar-refractivity contribution in [2.24, 2.45) is 5.92 Å². The zero-order valence-electron chi connectivity index (χ0n) is 14.8. The van der Waals surface area contributed by atoms with Gasteiger partial charge < -0.3 is 5.32 Å². The molecule has 0 spiro atoms. The Morgan fingerprint density at radius 2 is 1.68 bits per heavy atom. The topological polar surface area (TPSA) is 66.5 Å². The zero-order chi connectivity index (χ0) is 20.4. The molecule has 0 bridgehead atoms. The molecule has 1 saturated heterocycles. The molecule has 0 aliphatic carbocycles. The van der Waals surface area contributed by atoms with Gasteiger partial charge >= 0.3 is 6.18 Å². The summed E-state index contributed by atoms with van der Waals surface area (Å²) in [7, 11) is -3.69. The highest BCUT2D eigenvalue weighted by atomic mass is 32.2. The van der Waals surface area contributed by atoms with Crippen LogP contribution in [0.5, 0.6) is 0 Å². The van der Waals surface area contributed by atoms with Gasteiger partial charge in [-0.2, -0.15) is 17.5 Å². The smallest absolute Gasteiger partial charge is 0.326 e. The fourth-order valence-corrected chi connectivity index (χ4v) is 4.65. The Balaban J connectivity index is 1.68. The molecule has 1 aliphatic rings. The fraction of sp³-hybridized carbons (Fsp3) is 0.316. The molecular weight excluding hydrogens is 393 g/mol. The van der Waals surface area contributed by atoms with Crippen molar-refractivity contribution in [3.63, 3.8) is 0 Å². The Labute approximate surface area is 161 Å². The molecule has 0 radical (unpaired) electrons. The van der Waals surface area contributed by atoms with E-state index in [2.05, 4.69) is 5.32 Å². The highest BCUT2D eigenvalue weighted by Gasteiger charge is 2.33. The number of hydrogen-bond acceptors (Lipinski definition) is 3. The molecule has 0 unspecified atom stereocenters. The van der Waals surface area contributed by atoms with Gasteiger partial charge in [-0.3, -0.25) is 4.79 Å². The molecule has 1 N–H and O–H groups in total. The van der Waals surface area contributed by atoms with E-state index in [9.17, 15) is 26.4 Å². The second-order valence-electron chi connectivity index (χ2n) is 6.58. The number of anilines is 1. The largest absolute Gasteiger partial charge is 0.416 e. The van der Waals surface area contributed by atoms with Crippen molar-refractivity contribution in [1.29, 1.82) is 0 Å². The third-order valence-electron chi connectivity index (χ3n) is 4.62. The quantitative estimate of drug-likeness (QED) is 0.832. The van der Waals surface area contributed by atoms with Gasteiger partial charge in [-0.25, -0.2) is 8.42 Å². The van der Waals surface area contributed by atoms with E-state index >= 15 is 0 Å². The van der Waals surface area contributed by atoms with Crippen molar-refractivity contribution in [3.8, 4) is 0 Å². The number of hydrogen-bond donors (Lipinski definition) is 1. The molecule has 1 heterocycles. The van der Waals surface area contributed by atoms with Crippen molar-refractivity contribution in [2.75, 3.05) is 18.4 Å². The summed E-state index contributed by atoms with van der Waals surface area (Å²) in [6, 6.07) is 12.1. The van der Waals surface area contributed by atoms with Gasteiger partial charge in [-0.05, 0) is 49.2 Å². The maximum atomic E-state index is 12.7. The standard InChI is InChI=1S/C19H19F3N2O3S/c20-19(21,22)15-8-10-16(11-9-15)23-18(25)14-5-4-12-24(13-14)28(26,27)17-6-2-1-3-7-17/h1-3,6-11,14H,4-5,12-13H2,(H,23,25)/t14-/m0/s1. The highest BCUT2D eigenvalue weighted by Crippen LogP contribution is 2.30. The van der Waals surface area contributed by atoms with Crippen LogP contribution in [0.1, 0.15) is 18.4 Å². The number of alkyl halides is 3. The molecule has 5 nitrogen and oxygen atoms in total. The first-order chi connectivity index (χ1) is 13.2. The summed E-state index contributed by atoms with van der Waals surface area (Å²) in [4.78, 5) is 12.7. The third kappa shape index (κ3) is 4.53. The molecule has 0 aromatic heterocycles. The molecule has 150 valence electrons. The Morgan fingerprint density at radius 1 is 1.04 bits per heavy atom. The van der Waals surface area contributed by atoms with E-state index in [4.69, 9.17) is 0 Å². The number of nitrogens with zero attached hydrogens (tertiary/aromatic N) is 1. The minimum atomic E-state index is -4.45. The number of sulfonamides is 1. The van der Waals surface area contributed by atoms with Crippen LogP contribution in [0.15, 0.2) is 59.5 Å². The van der Waals surface area contributed by atoms with Crippen LogP contribution in [0.3, 0.4) is 0 Å². The van der Waals surface area contributed by atoms with E-state index in [0.717, 1.165) is 12.1 Å². The van der Waals surface area contributed by atoms with E-state index in [1.807, 2.05) is 0 Å². The van der Waals surface area contributed by atoms with Gasteiger partial charge in [0.2, 0.25) is 15.9 Å². The number of carbonyl (C=O) groups is 1. The predicted octanol–water partition coefficient (Wildman–Crippen LogP) is 3.74. The predicted molar refractivity (Wildman–Crippen MR) is 98.0 cm³/mol. The molecule has 9 heteroatoms. The van der Waals surface area contributed by atoms with Crippen molar-refractivity contribution in [1.82, 2.24) is 4.31 Å². The van der Waals surface area contributed by atoms with Gasteiger partial charge in [-0.1, -0.05) is 18.2 Å². The van der Waals surface area contributed by atoms with Crippen LogP contribution in [-0.2, 0) is 21.0 Å². The van der Waals surface area contributed by atoms with Gasteiger partial charge in [-0.15, -0.1) is 0 Å². The molecule has 2 aromatic rings. The second kappa shape index (κ2) is 7.92. The van der Waals surface area contributed by atoms with Crippen LogP contribution >= 0.6 is 0 Å². The summed E-state index contributed by atoms with van der Waals surface area (Å²) >= 11 is 0. The van der Waals surface area contributed by atoms with Crippen LogP contribution in [0.2, 0.25) is 0 Å². The van der Waals surface area contributed by atoms with Crippen molar-refractivity contribution >= 4 is 21.6 Å². The lowest BCUT2D eigenvalue weighted by molar-refractivity contribution is -0.137. The third-order valence-corrected chi connectivity index (χ3v) is 6.50. The number of carbonyl (C=O) groups excluding carboxylic acids is 1.